The molecule has 1 aromatic carbocycles. The van der Waals surface area contributed by atoms with Crippen molar-refractivity contribution in [2.45, 2.75) is 39.8 Å². The third-order valence-electron chi connectivity index (χ3n) is 3.04. The minimum atomic E-state index is -0.384. The predicted octanol–water partition coefficient (Wildman–Crippen LogP) is 2.00. The van der Waals surface area contributed by atoms with Crippen molar-refractivity contribution in [1.82, 2.24) is 4.90 Å². The molecule has 94 valence electrons. The first-order valence-corrected chi connectivity index (χ1v) is 6.02. The van der Waals surface area contributed by atoms with Gasteiger partial charge in [-0.2, -0.15) is 0 Å². The minimum Gasteiger partial charge on any atom is -0.340 e. The van der Waals surface area contributed by atoms with Crippen molar-refractivity contribution in [3.05, 3.63) is 34.9 Å². The van der Waals surface area contributed by atoms with E-state index < -0.39 is 0 Å². The molecule has 0 aliphatic carbocycles. The maximum Gasteiger partial charge on any atom is 0.239 e. The molecule has 0 heterocycles. The number of benzene rings is 1. The molecule has 17 heavy (non-hydrogen) atoms. The molecule has 3 heteroatoms. The molecule has 0 aliphatic rings. The van der Waals surface area contributed by atoms with Gasteiger partial charge in [0.05, 0.1) is 6.04 Å². The lowest BCUT2D eigenvalue weighted by Gasteiger charge is -2.21. The first kappa shape index (κ1) is 13.7. The molecule has 1 aromatic rings. The lowest BCUT2D eigenvalue weighted by molar-refractivity contribution is -0.131. The number of aryl methyl sites for hydroxylation is 2. The molecule has 0 bridgehead atoms. The zero-order chi connectivity index (χ0) is 13.0. The molecule has 0 radical (unpaired) electrons. The van der Waals surface area contributed by atoms with Crippen molar-refractivity contribution in [3.63, 3.8) is 0 Å². The van der Waals surface area contributed by atoms with Gasteiger partial charge in [0.15, 0.2) is 0 Å². The van der Waals surface area contributed by atoms with Gasteiger partial charge in [-0.1, -0.05) is 30.7 Å². The van der Waals surface area contributed by atoms with E-state index in [9.17, 15) is 4.79 Å². The summed E-state index contributed by atoms with van der Waals surface area (Å²) in [5, 5.41) is 0. The van der Waals surface area contributed by atoms with Gasteiger partial charge >= 0.3 is 0 Å². The SMILES string of the molecule is CC[C@H](N)C(=O)N(C)Cc1ccc(C)cc1C. The molecular formula is C14H22N2O. The van der Waals surface area contributed by atoms with Gasteiger partial charge in [0, 0.05) is 13.6 Å². The lowest BCUT2D eigenvalue weighted by atomic mass is 10.1. The Labute approximate surface area is 104 Å². The van der Waals surface area contributed by atoms with E-state index in [4.69, 9.17) is 5.73 Å². The van der Waals surface area contributed by atoms with Crippen molar-refractivity contribution in [2.75, 3.05) is 7.05 Å². The molecule has 0 saturated carbocycles. The predicted molar refractivity (Wildman–Crippen MR) is 70.7 cm³/mol. The van der Waals surface area contributed by atoms with E-state index in [1.807, 2.05) is 6.92 Å². The third-order valence-corrected chi connectivity index (χ3v) is 3.04. The number of carbonyl (C=O) groups excluding carboxylic acids is 1. The smallest absolute Gasteiger partial charge is 0.239 e. The number of hydrogen-bond acceptors (Lipinski definition) is 2. The summed E-state index contributed by atoms with van der Waals surface area (Å²) in [5.41, 5.74) is 9.38. The average molecular weight is 234 g/mol. The number of nitrogens with zero attached hydrogens (tertiary/aromatic N) is 1. The molecule has 1 rings (SSSR count). The summed E-state index contributed by atoms with van der Waals surface area (Å²) < 4.78 is 0. The van der Waals surface area contributed by atoms with E-state index in [0.29, 0.717) is 13.0 Å². The Morgan fingerprint density at radius 1 is 1.41 bits per heavy atom. The Morgan fingerprint density at radius 2 is 2.06 bits per heavy atom. The molecular weight excluding hydrogens is 212 g/mol. The topological polar surface area (TPSA) is 46.3 Å². The van der Waals surface area contributed by atoms with Crippen LogP contribution in [-0.2, 0) is 11.3 Å². The van der Waals surface area contributed by atoms with Crippen LogP contribution in [0.15, 0.2) is 18.2 Å². The molecule has 0 aromatic heterocycles. The highest BCUT2D eigenvalue weighted by Gasteiger charge is 2.16. The van der Waals surface area contributed by atoms with Gasteiger partial charge in [-0.15, -0.1) is 0 Å². The fourth-order valence-electron chi connectivity index (χ4n) is 1.81. The zero-order valence-corrected chi connectivity index (χ0v) is 11.2. The second-order valence-corrected chi connectivity index (χ2v) is 4.64. The van der Waals surface area contributed by atoms with Gasteiger partial charge in [-0.05, 0) is 31.4 Å². The molecule has 1 atom stereocenters. The van der Waals surface area contributed by atoms with Crippen LogP contribution in [0.5, 0.6) is 0 Å². The van der Waals surface area contributed by atoms with Crippen LogP contribution in [0.3, 0.4) is 0 Å². The monoisotopic (exact) mass is 234 g/mol. The van der Waals surface area contributed by atoms with Crippen molar-refractivity contribution >= 4 is 5.91 Å². The fraction of sp³-hybridized carbons (Fsp3) is 0.500. The summed E-state index contributed by atoms with van der Waals surface area (Å²) >= 11 is 0. The Kier molecular flexibility index (Phi) is 4.70. The Hall–Kier alpha value is -1.35. The second-order valence-electron chi connectivity index (χ2n) is 4.64. The summed E-state index contributed by atoms with van der Waals surface area (Å²) in [6.07, 6.45) is 0.677. The number of amides is 1. The molecule has 0 aliphatic heterocycles. The molecule has 1 amide bonds. The van der Waals surface area contributed by atoms with Crippen LogP contribution in [0.2, 0.25) is 0 Å². The molecule has 2 N–H and O–H groups in total. The van der Waals surface area contributed by atoms with Gasteiger partial charge in [0.2, 0.25) is 5.91 Å². The lowest BCUT2D eigenvalue weighted by Crippen LogP contribution is -2.40. The van der Waals surface area contributed by atoms with Crippen LogP contribution in [0, 0.1) is 13.8 Å². The second kappa shape index (κ2) is 5.82. The zero-order valence-electron chi connectivity index (χ0n) is 11.2. The number of carbonyl (C=O) groups is 1. The Balaban J connectivity index is 2.74. The minimum absolute atomic E-state index is 0.00692. The standard InChI is InChI=1S/C14H22N2O/c1-5-13(15)14(17)16(4)9-12-7-6-10(2)8-11(12)3/h6-8,13H,5,9,15H2,1-4H3/t13-/m0/s1. The Morgan fingerprint density at radius 3 is 2.59 bits per heavy atom. The number of rotatable bonds is 4. The fourth-order valence-corrected chi connectivity index (χ4v) is 1.81. The molecule has 0 fully saturated rings. The van der Waals surface area contributed by atoms with Crippen molar-refractivity contribution in [1.29, 1.82) is 0 Å². The molecule has 3 nitrogen and oxygen atoms in total. The van der Waals surface area contributed by atoms with Crippen molar-refractivity contribution in [3.8, 4) is 0 Å². The summed E-state index contributed by atoms with van der Waals surface area (Å²) in [5.74, 6) is 0.00692. The van der Waals surface area contributed by atoms with Crippen molar-refractivity contribution < 1.29 is 4.79 Å². The van der Waals surface area contributed by atoms with Crippen LogP contribution < -0.4 is 5.73 Å². The van der Waals surface area contributed by atoms with Crippen LogP contribution in [0.25, 0.3) is 0 Å². The van der Waals surface area contributed by atoms with E-state index >= 15 is 0 Å². The normalized spacial score (nSPS) is 12.3. The molecule has 0 saturated heterocycles. The first-order valence-electron chi connectivity index (χ1n) is 6.02. The van der Waals surface area contributed by atoms with Crippen LogP contribution in [0.4, 0.5) is 0 Å². The van der Waals surface area contributed by atoms with Crippen LogP contribution in [-0.4, -0.2) is 23.9 Å². The maximum atomic E-state index is 11.9. The Bertz CT molecular complexity index is 401. The highest BCUT2D eigenvalue weighted by atomic mass is 16.2. The maximum absolute atomic E-state index is 11.9. The van der Waals surface area contributed by atoms with E-state index in [1.165, 1.54) is 16.7 Å². The number of hydrogen-bond donors (Lipinski definition) is 1. The summed E-state index contributed by atoms with van der Waals surface area (Å²) in [4.78, 5) is 13.6. The van der Waals surface area contributed by atoms with E-state index in [0.717, 1.165) is 0 Å². The van der Waals surface area contributed by atoms with Gasteiger partial charge in [-0.25, -0.2) is 0 Å². The molecule has 0 spiro atoms. The van der Waals surface area contributed by atoms with Gasteiger partial charge in [0.25, 0.3) is 0 Å². The first-order chi connectivity index (χ1) is 7.95. The number of likely N-dealkylation sites (N-methyl/N-ethyl adjacent to an activating group) is 1. The molecule has 0 unspecified atom stereocenters. The highest BCUT2D eigenvalue weighted by molar-refractivity contribution is 5.81. The van der Waals surface area contributed by atoms with Crippen LogP contribution in [0.1, 0.15) is 30.0 Å². The average Bonchev–Trinajstić information content (AvgIpc) is 2.30. The van der Waals surface area contributed by atoms with E-state index in [1.54, 1.807) is 11.9 Å². The quantitative estimate of drug-likeness (QED) is 0.866. The van der Waals surface area contributed by atoms with Gasteiger partial charge in [-0.3, -0.25) is 4.79 Å². The number of nitrogens with two attached hydrogens (primary N) is 1. The van der Waals surface area contributed by atoms with E-state index in [-0.39, 0.29) is 11.9 Å². The van der Waals surface area contributed by atoms with Gasteiger partial charge < -0.3 is 10.6 Å². The van der Waals surface area contributed by atoms with Crippen molar-refractivity contribution in [2.24, 2.45) is 5.73 Å². The highest BCUT2D eigenvalue weighted by Crippen LogP contribution is 2.13. The third kappa shape index (κ3) is 3.56. The summed E-state index contributed by atoms with van der Waals surface area (Å²) in [7, 11) is 1.80. The summed E-state index contributed by atoms with van der Waals surface area (Å²) in [6, 6.07) is 5.89. The van der Waals surface area contributed by atoms with E-state index in [2.05, 4.69) is 32.0 Å². The summed E-state index contributed by atoms with van der Waals surface area (Å²) in [6.45, 7) is 6.69. The van der Waals surface area contributed by atoms with Gasteiger partial charge in [0.1, 0.15) is 0 Å². The largest absolute Gasteiger partial charge is 0.340 e. The van der Waals surface area contributed by atoms with Crippen LogP contribution >= 0.6 is 0 Å².